The zero-order valence-corrected chi connectivity index (χ0v) is 13.7. The molecule has 1 saturated heterocycles. The summed E-state index contributed by atoms with van der Waals surface area (Å²) in [5.41, 5.74) is 2.21. The summed E-state index contributed by atoms with van der Waals surface area (Å²) in [5, 5.41) is 12.1. The van der Waals surface area contributed by atoms with E-state index in [9.17, 15) is 0 Å². The van der Waals surface area contributed by atoms with Crippen molar-refractivity contribution < 1.29 is 0 Å². The molecule has 0 bridgehead atoms. The molecule has 4 heteroatoms. The van der Waals surface area contributed by atoms with Crippen molar-refractivity contribution in [2.45, 2.75) is 25.8 Å². The van der Waals surface area contributed by atoms with E-state index in [2.05, 4.69) is 62.9 Å². The Labute approximate surface area is 138 Å². The van der Waals surface area contributed by atoms with E-state index in [1.54, 1.807) is 0 Å². The number of hydrogen-bond acceptors (Lipinski definition) is 4. The van der Waals surface area contributed by atoms with E-state index in [0.29, 0.717) is 6.04 Å². The smallest absolute Gasteiger partial charge is 0.151 e. The van der Waals surface area contributed by atoms with Crippen molar-refractivity contribution in [3.8, 4) is 0 Å². The van der Waals surface area contributed by atoms with Crippen LogP contribution in [-0.2, 0) is 0 Å². The molecule has 1 atom stereocenters. The molecule has 0 aliphatic carbocycles. The van der Waals surface area contributed by atoms with Gasteiger partial charge in [0.25, 0.3) is 0 Å². The van der Waals surface area contributed by atoms with Crippen molar-refractivity contribution in [3.63, 3.8) is 0 Å². The molecule has 0 saturated carbocycles. The van der Waals surface area contributed by atoms with Gasteiger partial charge in [-0.2, -0.15) is 5.10 Å². The molecule has 1 aliphatic heterocycles. The average Bonchev–Trinajstić information content (AvgIpc) is 2.61. The van der Waals surface area contributed by atoms with Crippen LogP contribution < -0.4 is 10.2 Å². The summed E-state index contributed by atoms with van der Waals surface area (Å²) in [6.45, 7) is 4.93. The number of nitrogens with one attached hydrogen (secondary N) is 1. The molecule has 1 aliphatic rings. The van der Waals surface area contributed by atoms with Gasteiger partial charge < -0.3 is 10.2 Å². The fraction of sp³-hybridized carbons (Fsp3) is 0.368. The van der Waals surface area contributed by atoms with E-state index in [-0.39, 0.29) is 0 Å². The fourth-order valence-corrected chi connectivity index (χ4v) is 2.91. The molecular weight excluding hydrogens is 284 g/mol. The molecule has 0 amide bonds. The second-order valence-corrected chi connectivity index (χ2v) is 6.04. The lowest BCUT2D eigenvalue weighted by Gasteiger charge is -2.33. The highest BCUT2D eigenvalue weighted by Crippen LogP contribution is 2.17. The van der Waals surface area contributed by atoms with E-state index in [1.165, 1.54) is 18.4 Å². The number of rotatable bonds is 5. The second-order valence-electron chi connectivity index (χ2n) is 6.04. The molecule has 1 aromatic heterocycles. The maximum atomic E-state index is 4.31. The zero-order valence-electron chi connectivity index (χ0n) is 13.7. The number of anilines is 1. The van der Waals surface area contributed by atoms with Gasteiger partial charge in [0.2, 0.25) is 0 Å². The summed E-state index contributed by atoms with van der Waals surface area (Å²) in [6, 6.07) is 15.0. The van der Waals surface area contributed by atoms with Gasteiger partial charge in [-0.25, -0.2) is 0 Å². The van der Waals surface area contributed by atoms with E-state index < -0.39 is 0 Å². The molecule has 23 heavy (non-hydrogen) atoms. The molecular formula is C19H24N4. The summed E-state index contributed by atoms with van der Waals surface area (Å²) in [5.74, 6) is 0.988. The van der Waals surface area contributed by atoms with Crippen LogP contribution in [-0.4, -0.2) is 35.9 Å². The molecule has 1 aromatic carbocycles. The Balaban J connectivity index is 1.49. The highest BCUT2D eigenvalue weighted by atomic mass is 15.3. The van der Waals surface area contributed by atoms with Crippen molar-refractivity contribution in [1.29, 1.82) is 0 Å². The number of nitrogens with zero attached hydrogens (tertiary/aromatic N) is 3. The molecule has 0 radical (unpaired) electrons. The Bertz CT molecular complexity index is 622. The van der Waals surface area contributed by atoms with Gasteiger partial charge in [0.15, 0.2) is 5.82 Å². The van der Waals surface area contributed by atoms with E-state index in [4.69, 9.17) is 0 Å². The van der Waals surface area contributed by atoms with Gasteiger partial charge in [-0.3, -0.25) is 0 Å². The standard InChI is InChI=1S/C19H24N4/c1-16-11-12-19(22-21-16)23-14-6-10-18(15-23)20-13-5-9-17-7-3-2-4-8-17/h2-5,7-9,11-12,18,20H,6,10,13-15H2,1H3/b9-5+/t18-/m0/s1. The molecule has 1 fully saturated rings. The van der Waals surface area contributed by atoms with Gasteiger partial charge in [-0.1, -0.05) is 42.5 Å². The summed E-state index contributed by atoms with van der Waals surface area (Å²) in [4.78, 5) is 2.33. The van der Waals surface area contributed by atoms with Crippen LogP contribution in [0.25, 0.3) is 6.08 Å². The van der Waals surface area contributed by atoms with Crippen molar-refractivity contribution >= 4 is 11.9 Å². The number of hydrogen-bond donors (Lipinski definition) is 1. The molecule has 0 spiro atoms. The van der Waals surface area contributed by atoms with Crippen LogP contribution in [0.1, 0.15) is 24.1 Å². The number of piperidine rings is 1. The maximum Gasteiger partial charge on any atom is 0.151 e. The van der Waals surface area contributed by atoms with Crippen LogP contribution in [0.2, 0.25) is 0 Å². The normalized spacial score (nSPS) is 18.5. The zero-order chi connectivity index (χ0) is 15.9. The van der Waals surface area contributed by atoms with Crippen LogP contribution in [0.4, 0.5) is 5.82 Å². The third-order valence-corrected chi connectivity index (χ3v) is 4.16. The van der Waals surface area contributed by atoms with Crippen molar-refractivity contribution in [3.05, 3.63) is 59.8 Å². The first-order chi connectivity index (χ1) is 11.3. The van der Waals surface area contributed by atoms with Gasteiger partial charge in [0, 0.05) is 25.7 Å². The molecule has 2 aromatic rings. The summed E-state index contributed by atoms with van der Waals surface area (Å²) < 4.78 is 0. The third kappa shape index (κ3) is 4.63. The van der Waals surface area contributed by atoms with Crippen molar-refractivity contribution in [1.82, 2.24) is 15.5 Å². The third-order valence-electron chi connectivity index (χ3n) is 4.16. The van der Waals surface area contributed by atoms with Crippen molar-refractivity contribution in [2.24, 2.45) is 0 Å². The average molecular weight is 308 g/mol. The Morgan fingerprint density at radius 3 is 2.83 bits per heavy atom. The largest absolute Gasteiger partial charge is 0.354 e. The van der Waals surface area contributed by atoms with Gasteiger partial charge in [0.1, 0.15) is 0 Å². The highest BCUT2D eigenvalue weighted by molar-refractivity contribution is 5.48. The predicted octanol–water partition coefficient (Wildman–Crippen LogP) is 3.06. The monoisotopic (exact) mass is 308 g/mol. The number of aryl methyl sites for hydroxylation is 1. The minimum atomic E-state index is 0.507. The summed E-state index contributed by atoms with van der Waals surface area (Å²) >= 11 is 0. The molecule has 1 N–H and O–H groups in total. The quantitative estimate of drug-likeness (QED) is 0.922. The molecule has 0 unspecified atom stereocenters. The minimum Gasteiger partial charge on any atom is -0.354 e. The van der Waals surface area contributed by atoms with E-state index >= 15 is 0 Å². The van der Waals surface area contributed by atoms with Gasteiger partial charge in [0.05, 0.1) is 5.69 Å². The first-order valence-corrected chi connectivity index (χ1v) is 8.31. The molecule has 4 nitrogen and oxygen atoms in total. The lowest BCUT2D eigenvalue weighted by Crippen LogP contribution is -2.46. The Morgan fingerprint density at radius 1 is 1.17 bits per heavy atom. The number of aromatic nitrogens is 2. The first-order valence-electron chi connectivity index (χ1n) is 8.31. The number of benzene rings is 1. The van der Waals surface area contributed by atoms with E-state index in [1.807, 2.05) is 19.1 Å². The SMILES string of the molecule is Cc1ccc(N2CCC[C@H](NC/C=C/c3ccccc3)C2)nn1. The van der Waals surface area contributed by atoms with Crippen molar-refractivity contribution in [2.75, 3.05) is 24.5 Å². The predicted molar refractivity (Wildman–Crippen MR) is 95.5 cm³/mol. The summed E-state index contributed by atoms with van der Waals surface area (Å²) in [6.07, 6.45) is 6.77. The molecule has 3 rings (SSSR count). The van der Waals surface area contributed by atoms with E-state index in [0.717, 1.165) is 31.1 Å². The van der Waals surface area contributed by atoms with Gasteiger partial charge >= 0.3 is 0 Å². The Hall–Kier alpha value is -2.20. The van der Waals surface area contributed by atoms with Gasteiger partial charge in [-0.05, 0) is 37.5 Å². The van der Waals surface area contributed by atoms with Crippen LogP contribution in [0.15, 0.2) is 48.5 Å². The van der Waals surface area contributed by atoms with Crippen LogP contribution in [0.3, 0.4) is 0 Å². The lowest BCUT2D eigenvalue weighted by atomic mass is 10.1. The fourth-order valence-electron chi connectivity index (χ4n) is 2.91. The maximum absolute atomic E-state index is 4.31. The second kappa shape index (κ2) is 7.88. The lowest BCUT2D eigenvalue weighted by molar-refractivity contribution is 0.435. The van der Waals surface area contributed by atoms with Crippen LogP contribution >= 0.6 is 0 Å². The van der Waals surface area contributed by atoms with Gasteiger partial charge in [-0.15, -0.1) is 5.10 Å². The highest BCUT2D eigenvalue weighted by Gasteiger charge is 2.20. The first kappa shape index (κ1) is 15.7. The van der Waals surface area contributed by atoms with Crippen LogP contribution in [0.5, 0.6) is 0 Å². The molecule has 2 heterocycles. The Kier molecular flexibility index (Phi) is 5.37. The topological polar surface area (TPSA) is 41.0 Å². The Morgan fingerprint density at radius 2 is 2.04 bits per heavy atom. The summed E-state index contributed by atoms with van der Waals surface area (Å²) in [7, 11) is 0. The minimum absolute atomic E-state index is 0.507. The van der Waals surface area contributed by atoms with Crippen LogP contribution in [0, 0.1) is 6.92 Å². The molecule has 120 valence electrons.